The molecule has 3 rings (SSSR count). The predicted octanol–water partition coefficient (Wildman–Crippen LogP) is 1.36. The Kier molecular flexibility index (Phi) is 3.78. The van der Waals surface area contributed by atoms with Crippen molar-refractivity contribution in [3.05, 3.63) is 29.8 Å². The van der Waals surface area contributed by atoms with Gasteiger partial charge in [0.15, 0.2) is 0 Å². The van der Waals surface area contributed by atoms with Crippen molar-refractivity contribution in [1.29, 1.82) is 0 Å². The molecule has 2 fully saturated rings. The Labute approximate surface area is 129 Å². The topological polar surface area (TPSA) is 83.6 Å². The molecule has 1 aromatic rings. The molecule has 1 aliphatic heterocycles. The Hall–Kier alpha value is -1.73. The molecule has 7 heteroatoms. The molecule has 0 unspecified atom stereocenters. The first-order valence-corrected chi connectivity index (χ1v) is 8.85. The van der Waals surface area contributed by atoms with Crippen LogP contribution >= 0.6 is 0 Å². The van der Waals surface area contributed by atoms with Crippen LogP contribution in [0.1, 0.15) is 31.2 Å². The standard InChI is InChI=1S/C15H18N2O4S/c1-10-6-8-11(9-7-10)22(20,21)16-17-14(18)12-4-2-3-5-13(12)15(17)19/h6-9,12-13,16H,2-5H2,1H3/t12-,13-/m0/s1. The Bertz CT molecular complexity index is 688. The second-order valence-electron chi connectivity index (χ2n) is 5.92. The average Bonchev–Trinajstić information content (AvgIpc) is 2.73. The van der Waals surface area contributed by atoms with Crippen LogP contribution in [0.5, 0.6) is 0 Å². The van der Waals surface area contributed by atoms with E-state index in [9.17, 15) is 18.0 Å². The molecule has 2 atom stereocenters. The van der Waals surface area contributed by atoms with Crippen molar-refractivity contribution in [2.24, 2.45) is 11.8 Å². The summed E-state index contributed by atoms with van der Waals surface area (Å²) in [4.78, 5) is 26.8. The summed E-state index contributed by atoms with van der Waals surface area (Å²) in [6.45, 7) is 1.85. The number of carbonyl (C=O) groups is 2. The van der Waals surface area contributed by atoms with Gasteiger partial charge in [0.05, 0.1) is 16.7 Å². The third kappa shape index (κ3) is 2.55. The third-order valence-corrected chi connectivity index (χ3v) is 5.70. The smallest absolute Gasteiger partial charge is 0.257 e. The molecular formula is C15H18N2O4S. The van der Waals surface area contributed by atoms with Gasteiger partial charge in [0.25, 0.3) is 10.0 Å². The van der Waals surface area contributed by atoms with Gasteiger partial charge < -0.3 is 0 Å². The highest BCUT2D eigenvalue weighted by Gasteiger charge is 2.49. The second-order valence-corrected chi connectivity index (χ2v) is 7.58. The van der Waals surface area contributed by atoms with Crippen LogP contribution in [0.4, 0.5) is 0 Å². The number of hydrazine groups is 1. The number of rotatable bonds is 3. The fraction of sp³-hybridized carbons (Fsp3) is 0.467. The van der Waals surface area contributed by atoms with Gasteiger partial charge in [-0.1, -0.05) is 30.5 Å². The van der Waals surface area contributed by atoms with Gasteiger partial charge in [-0.2, -0.15) is 5.01 Å². The summed E-state index contributed by atoms with van der Waals surface area (Å²) in [7, 11) is -3.93. The van der Waals surface area contributed by atoms with E-state index in [0.29, 0.717) is 17.9 Å². The van der Waals surface area contributed by atoms with Gasteiger partial charge in [-0.3, -0.25) is 9.59 Å². The van der Waals surface area contributed by atoms with E-state index >= 15 is 0 Å². The van der Waals surface area contributed by atoms with Crippen LogP contribution in [0, 0.1) is 18.8 Å². The number of nitrogens with one attached hydrogen (secondary N) is 1. The molecule has 22 heavy (non-hydrogen) atoms. The number of sulfonamides is 1. The van der Waals surface area contributed by atoms with Gasteiger partial charge in [0.1, 0.15) is 0 Å². The molecule has 2 aliphatic rings. The Balaban J connectivity index is 1.84. The van der Waals surface area contributed by atoms with Crippen LogP contribution in [-0.2, 0) is 19.6 Å². The lowest BCUT2D eigenvalue weighted by Crippen LogP contribution is -2.46. The van der Waals surface area contributed by atoms with E-state index in [1.54, 1.807) is 12.1 Å². The molecule has 0 radical (unpaired) electrons. The molecule has 0 bridgehead atoms. The monoisotopic (exact) mass is 322 g/mol. The molecule has 0 aromatic heterocycles. The number of aryl methyl sites for hydroxylation is 1. The number of amides is 2. The number of hydrogen-bond acceptors (Lipinski definition) is 4. The molecule has 1 N–H and O–H groups in total. The van der Waals surface area contributed by atoms with Gasteiger partial charge in [0, 0.05) is 0 Å². The van der Waals surface area contributed by atoms with Crippen LogP contribution in [-0.4, -0.2) is 25.2 Å². The number of carbonyl (C=O) groups excluding carboxylic acids is 2. The van der Waals surface area contributed by atoms with Gasteiger partial charge in [0.2, 0.25) is 11.8 Å². The number of hydrogen-bond donors (Lipinski definition) is 1. The molecule has 118 valence electrons. The molecule has 0 spiro atoms. The van der Waals surface area contributed by atoms with E-state index in [2.05, 4.69) is 4.83 Å². The minimum atomic E-state index is -3.93. The maximum atomic E-state index is 12.3. The minimum Gasteiger partial charge on any atom is -0.273 e. The van der Waals surface area contributed by atoms with Crippen molar-refractivity contribution >= 4 is 21.8 Å². The van der Waals surface area contributed by atoms with Gasteiger partial charge in [-0.15, -0.1) is 4.83 Å². The zero-order valence-corrected chi connectivity index (χ0v) is 13.1. The molecule has 6 nitrogen and oxygen atoms in total. The summed E-state index contributed by atoms with van der Waals surface area (Å²) < 4.78 is 24.7. The van der Waals surface area contributed by atoms with Crippen molar-refractivity contribution in [2.45, 2.75) is 37.5 Å². The highest BCUT2D eigenvalue weighted by atomic mass is 32.2. The summed E-state index contributed by atoms with van der Waals surface area (Å²) in [6, 6.07) is 6.25. The minimum absolute atomic E-state index is 0.0357. The first-order valence-electron chi connectivity index (χ1n) is 7.37. The number of nitrogens with zero attached hydrogens (tertiary/aromatic N) is 1. The Morgan fingerprint density at radius 2 is 1.50 bits per heavy atom. The summed E-state index contributed by atoms with van der Waals surface area (Å²) in [5.74, 6) is -1.60. The maximum absolute atomic E-state index is 12.3. The fourth-order valence-electron chi connectivity index (χ4n) is 3.14. The van der Waals surface area contributed by atoms with Crippen molar-refractivity contribution in [3.63, 3.8) is 0 Å². The molecule has 1 saturated heterocycles. The first-order chi connectivity index (χ1) is 10.4. The summed E-state index contributed by atoms with van der Waals surface area (Å²) in [6.07, 6.45) is 3.10. The van der Waals surface area contributed by atoms with Gasteiger partial charge in [-0.05, 0) is 31.9 Å². The van der Waals surface area contributed by atoms with Gasteiger partial charge >= 0.3 is 0 Å². The number of imide groups is 1. The van der Waals surface area contributed by atoms with E-state index in [1.807, 2.05) is 6.92 Å². The molecule has 1 aliphatic carbocycles. The SMILES string of the molecule is Cc1ccc(S(=O)(=O)NN2C(=O)[C@H]3CCCC[C@@H]3C2=O)cc1. The maximum Gasteiger partial charge on any atom is 0.257 e. The van der Waals surface area contributed by atoms with E-state index in [-0.39, 0.29) is 16.7 Å². The van der Waals surface area contributed by atoms with Crippen LogP contribution in [0.2, 0.25) is 0 Å². The zero-order chi connectivity index (χ0) is 15.9. The third-order valence-electron chi connectivity index (χ3n) is 4.38. The highest BCUT2D eigenvalue weighted by Crippen LogP contribution is 2.37. The van der Waals surface area contributed by atoms with E-state index in [4.69, 9.17) is 0 Å². The molecule has 1 aromatic carbocycles. The highest BCUT2D eigenvalue weighted by molar-refractivity contribution is 7.89. The van der Waals surface area contributed by atoms with Crippen molar-refractivity contribution in [2.75, 3.05) is 0 Å². The van der Waals surface area contributed by atoms with Crippen LogP contribution < -0.4 is 4.83 Å². The van der Waals surface area contributed by atoms with E-state index < -0.39 is 21.8 Å². The van der Waals surface area contributed by atoms with Crippen LogP contribution in [0.25, 0.3) is 0 Å². The zero-order valence-electron chi connectivity index (χ0n) is 12.3. The summed E-state index contributed by atoms with van der Waals surface area (Å²) in [5.41, 5.74) is 0.929. The summed E-state index contributed by atoms with van der Waals surface area (Å²) >= 11 is 0. The van der Waals surface area contributed by atoms with E-state index in [1.165, 1.54) is 12.1 Å². The first kappa shape index (κ1) is 15.2. The average molecular weight is 322 g/mol. The largest absolute Gasteiger partial charge is 0.273 e. The lowest BCUT2D eigenvalue weighted by Gasteiger charge is -2.19. The number of benzene rings is 1. The molecule has 1 heterocycles. The Morgan fingerprint density at radius 3 is 2.00 bits per heavy atom. The molecule has 1 saturated carbocycles. The normalized spacial score (nSPS) is 25.4. The Morgan fingerprint density at radius 1 is 1.00 bits per heavy atom. The molecule has 2 amide bonds. The van der Waals surface area contributed by atoms with Crippen LogP contribution in [0.3, 0.4) is 0 Å². The summed E-state index contributed by atoms with van der Waals surface area (Å²) in [5, 5.41) is 0.704. The van der Waals surface area contributed by atoms with Crippen LogP contribution in [0.15, 0.2) is 29.2 Å². The predicted molar refractivity (Wildman–Crippen MR) is 78.8 cm³/mol. The lowest BCUT2D eigenvalue weighted by atomic mass is 9.81. The van der Waals surface area contributed by atoms with Crippen molar-refractivity contribution < 1.29 is 18.0 Å². The quantitative estimate of drug-likeness (QED) is 0.852. The lowest BCUT2D eigenvalue weighted by molar-refractivity contribution is -0.141. The van der Waals surface area contributed by atoms with E-state index in [0.717, 1.165) is 18.4 Å². The van der Waals surface area contributed by atoms with Crippen molar-refractivity contribution in [3.8, 4) is 0 Å². The molecular weight excluding hydrogens is 304 g/mol. The second kappa shape index (κ2) is 5.48. The number of fused-ring (bicyclic) bond motifs is 1. The fourth-order valence-corrected chi connectivity index (χ4v) is 4.16. The van der Waals surface area contributed by atoms with Gasteiger partial charge in [-0.25, -0.2) is 8.42 Å². The van der Waals surface area contributed by atoms with Crippen molar-refractivity contribution in [1.82, 2.24) is 9.84 Å².